The SMILES string of the molecule is CCN1CCN(CCNC(=NC)NCC(C)(C)Cc2cccc(Cl)c2)CC1. The van der Waals surface area contributed by atoms with E-state index in [1.165, 1.54) is 18.7 Å². The molecule has 0 aliphatic carbocycles. The van der Waals surface area contributed by atoms with Crippen molar-refractivity contribution in [2.24, 2.45) is 10.4 Å². The van der Waals surface area contributed by atoms with Gasteiger partial charge < -0.3 is 15.5 Å². The maximum absolute atomic E-state index is 6.11. The van der Waals surface area contributed by atoms with Gasteiger partial charge in [-0.25, -0.2) is 0 Å². The van der Waals surface area contributed by atoms with E-state index in [0.29, 0.717) is 0 Å². The third-order valence-electron chi connectivity index (χ3n) is 5.16. The van der Waals surface area contributed by atoms with E-state index in [4.69, 9.17) is 11.6 Å². The summed E-state index contributed by atoms with van der Waals surface area (Å²) in [6.45, 7) is 15.4. The minimum Gasteiger partial charge on any atom is -0.356 e. The molecule has 0 spiro atoms. The van der Waals surface area contributed by atoms with Gasteiger partial charge in [0.25, 0.3) is 0 Å². The highest BCUT2D eigenvalue weighted by atomic mass is 35.5. The van der Waals surface area contributed by atoms with Crippen molar-refractivity contribution in [2.75, 3.05) is 59.4 Å². The number of nitrogens with one attached hydrogen (secondary N) is 2. The van der Waals surface area contributed by atoms with Crippen molar-refractivity contribution in [3.8, 4) is 0 Å². The predicted molar refractivity (Wildman–Crippen MR) is 117 cm³/mol. The van der Waals surface area contributed by atoms with Crippen LogP contribution in [0.4, 0.5) is 0 Å². The smallest absolute Gasteiger partial charge is 0.191 e. The number of aliphatic imine (C=N–C) groups is 1. The van der Waals surface area contributed by atoms with E-state index in [2.05, 4.69) is 58.3 Å². The monoisotopic (exact) mass is 393 g/mol. The van der Waals surface area contributed by atoms with Crippen molar-refractivity contribution < 1.29 is 0 Å². The molecule has 27 heavy (non-hydrogen) atoms. The van der Waals surface area contributed by atoms with Crippen molar-refractivity contribution in [3.63, 3.8) is 0 Å². The summed E-state index contributed by atoms with van der Waals surface area (Å²) in [6.07, 6.45) is 0.971. The van der Waals surface area contributed by atoms with Crippen molar-refractivity contribution in [3.05, 3.63) is 34.9 Å². The van der Waals surface area contributed by atoms with Crippen LogP contribution in [-0.4, -0.2) is 75.2 Å². The third-order valence-corrected chi connectivity index (χ3v) is 5.40. The molecule has 152 valence electrons. The number of benzene rings is 1. The van der Waals surface area contributed by atoms with E-state index in [1.807, 2.05) is 19.2 Å². The molecule has 0 bridgehead atoms. The van der Waals surface area contributed by atoms with Gasteiger partial charge in [-0.05, 0) is 36.1 Å². The summed E-state index contributed by atoms with van der Waals surface area (Å²) in [4.78, 5) is 9.40. The lowest BCUT2D eigenvalue weighted by Crippen LogP contribution is -2.49. The number of hydrogen-bond donors (Lipinski definition) is 2. The van der Waals surface area contributed by atoms with Crippen LogP contribution in [0, 0.1) is 5.41 Å². The highest BCUT2D eigenvalue weighted by Crippen LogP contribution is 2.22. The fraction of sp³-hybridized carbons (Fsp3) is 0.667. The number of hydrogen-bond acceptors (Lipinski definition) is 3. The molecule has 1 aromatic rings. The van der Waals surface area contributed by atoms with Gasteiger partial charge in [0.2, 0.25) is 0 Å². The molecule has 1 aromatic carbocycles. The molecule has 6 heteroatoms. The van der Waals surface area contributed by atoms with Gasteiger partial charge in [0.1, 0.15) is 0 Å². The highest BCUT2D eigenvalue weighted by molar-refractivity contribution is 6.30. The molecular formula is C21H36ClN5. The molecule has 0 radical (unpaired) electrons. The number of rotatable bonds is 8. The van der Waals surface area contributed by atoms with Crippen molar-refractivity contribution in [2.45, 2.75) is 27.2 Å². The summed E-state index contributed by atoms with van der Waals surface area (Å²) in [5.74, 6) is 0.876. The molecule has 5 nitrogen and oxygen atoms in total. The Labute approximate surface area is 170 Å². The summed E-state index contributed by atoms with van der Waals surface area (Å²) in [7, 11) is 1.83. The molecule has 1 aliphatic rings. The second kappa shape index (κ2) is 10.9. The standard InChI is InChI=1S/C21H36ClN5/c1-5-26-11-13-27(14-12-26)10-9-24-20(23-4)25-17-21(2,3)16-18-7-6-8-19(22)15-18/h6-8,15H,5,9-14,16-17H2,1-4H3,(H2,23,24,25). The van der Waals surface area contributed by atoms with Gasteiger partial charge in [-0.3, -0.25) is 9.89 Å². The summed E-state index contributed by atoms with van der Waals surface area (Å²) in [6, 6.07) is 8.12. The first kappa shape index (κ1) is 22.0. The van der Waals surface area contributed by atoms with Gasteiger partial charge in [0.05, 0.1) is 0 Å². The third kappa shape index (κ3) is 8.08. The van der Waals surface area contributed by atoms with E-state index in [1.54, 1.807) is 0 Å². The van der Waals surface area contributed by atoms with Gasteiger partial charge in [-0.15, -0.1) is 0 Å². The fourth-order valence-electron chi connectivity index (χ4n) is 3.47. The normalized spacial score (nSPS) is 17.1. The maximum atomic E-state index is 6.11. The zero-order valence-electron chi connectivity index (χ0n) is 17.4. The molecular weight excluding hydrogens is 358 g/mol. The zero-order valence-corrected chi connectivity index (χ0v) is 18.1. The second-order valence-electron chi connectivity index (χ2n) is 8.10. The first-order valence-corrected chi connectivity index (χ1v) is 10.4. The molecule has 0 unspecified atom stereocenters. The molecule has 1 fully saturated rings. The Kier molecular flexibility index (Phi) is 8.87. The average Bonchev–Trinajstić information content (AvgIpc) is 2.64. The van der Waals surface area contributed by atoms with Crippen LogP contribution in [0.5, 0.6) is 0 Å². The van der Waals surface area contributed by atoms with Gasteiger partial charge in [-0.1, -0.05) is 44.5 Å². The van der Waals surface area contributed by atoms with Crippen LogP contribution < -0.4 is 10.6 Å². The Balaban J connectivity index is 1.70. The van der Waals surface area contributed by atoms with Gasteiger partial charge in [-0.2, -0.15) is 0 Å². The largest absolute Gasteiger partial charge is 0.356 e. The second-order valence-corrected chi connectivity index (χ2v) is 8.54. The molecule has 2 rings (SSSR count). The number of nitrogens with zero attached hydrogens (tertiary/aromatic N) is 3. The quantitative estimate of drug-likeness (QED) is 0.526. The molecule has 2 N–H and O–H groups in total. The maximum Gasteiger partial charge on any atom is 0.191 e. The number of piperazine rings is 1. The Morgan fingerprint density at radius 3 is 2.48 bits per heavy atom. The van der Waals surface area contributed by atoms with Crippen LogP contribution in [0.25, 0.3) is 0 Å². The van der Waals surface area contributed by atoms with Gasteiger partial charge in [0, 0.05) is 57.9 Å². The molecule has 0 saturated carbocycles. The van der Waals surface area contributed by atoms with Gasteiger partial charge in [0.15, 0.2) is 5.96 Å². The van der Waals surface area contributed by atoms with Crippen LogP contribution in [0.2, 0.25) is 5.02 Å². The van der Waals surface area contributed by atoms with E-state index in [-0.39, 0.29) is 5.41 Å². The summed E-state index contributed by atoms with van der Waals surface area (Å²) in [5.41, 5.74) is 1.38. The topological polar surface area (TPSA) is 42.9 Å². The summed E-state index contributed by atoms with van der Waals surface area (Å²) in [5, 5.41) is 7.73. The Morgan fingerprint density at radius 2 is 1.85 bits per heavy atom. The summed E-state index contributed by atoms with van der Waals surface area (Å²) >= 11 is 6.11. The predicted octanol–water partition coefficient (Wildman–Crippen LogP) is 2.71. The number of likely N-dealkylation sites (N-methyl/N-ethyl adjacent to an activating group) is 1. The molecule has 1 saturated heterocycles. The summed E-state index contributed by atoms with van der Waals surface area (Å²) < 4.78 is 0. The highest BCUT2D eigenvalue weighted by Gasteiger charge is 2.19. The zero-order chi connectivity index (χ0) is 19.7. The van der Waals surface area contributed by atoms with Gasteiger partial charge >= 0.3 is 0 Å². The number of guanidine groups is 1. The van der Waals surface area contributed by atoms with Crippen LogP contribution in [0.15, 0.2) is 29.3 Å². The van der Waals surface area contributed by atoms with Crippen LogP contribution in [0.3, 0.4) is 0 Å². The fourth-order valence-corrected chi connectivity index (χ4v) is 3.68. The molecule has 1 heterocycles. The minimum atomic E-state index is 0.110. The van der Waals surface area contributed by atoms with E-state index >= 15 is 0 Å². The van der Waals surface area contributed by atoms with Crippen LogP contribution >= 0.6 is 11.6 Å². The minimum absolute atomic E-state index is 0.110. The van der Waals surface area contributed by atoms with E-state index in [0.717, 1.165) is 56.7 Å². The molecule has 0 aromatic heterocycles. The molecule has 0 amide bonds. The molecule has 1 aliphatic heterocycles. The lowest BCUT2D eigenvalue weighted by atomic mass is 9.86. The van der Waals surface area contributed by atoms with Crippen LogP contribution in [-0.2, 0) is 6.42 Å². The Morgan fingerprint density at radius 1 is 1.15 bits per heavy atom. The Bertz CT molecular complexity index is 594. The van der Waals surface area contributed by atoms with E-state index in [9.17, 15) is 0 Å². The van der Waals surface area contributed by atoms with Crippen LogP contribution in [0.1, 0.15) is 26.3 Å². The van der Waals surface area contributed by atoms with Crippen molar-refractivity contribution >= 4 is 17.6 Å². The number of halogens is 1. The van der Waals surface area contributed by atoms with Crippen molar-refractivity contribution in [1.82, 2.24) is 20.4 Å². The first-order chi connectivity index (χ1) is 12.9. The van der Waals surface area contributed by atoms with E-state index < -0.39 is 0 Å². The average molecular weight is 394 g/mol. The first-order valence-electron chi connectivity index (χ1n) is 10.1. The van der Waals surface area contributed by atoms with Crippen molar-refractivity contribution in [1.29, 1.82) is 0 Å². The Hall–Kier alpha value is -1.30. The lowest BCUT2D eigenvalue weighted by Gasteiger charge is -2.34. The lowest BCUT2D eigenvalue weighted by molar-refractivity contribution is 0.139. The molecule has 0 atom stereocenters.